The van der Waals surface area contributed by atoms with Crippen LogP contribution in [0.2, 0.25) is 0 Å². The van der Waals surface area contributed by atoms with Gasteiger partial charge in [-0.05, 0) is 69.1 Å². The topological polar surface area (TPSA) is 23.8 Å². The minimum Gasteiger partial charge on any atom is -0.198 e. The van der Waals surface area contributed by atoms with E-state index in [2.05, 4.69) is 18.7 Å². The summed E-state index contributed by atoms with van der Waals surface area (Å²) in [6.07, 6.45) is 15.5. The highest BCUT2D eigenvalue weighted by Gasteiger charge is 2.23. The molecule has 2 fully saturated rings. The molecule has 0 amide bonds. The zero-order valence-corrected chi connectivity index (χ0v) is 11.6. The first-order valence-corrected chi connectivity index (χ1v) is 7.84. The number of nitriles is 1. The van der Waals surface area contributed by atoms with Crippen LogP contribution in [0.15, 0.2) is 12.7 Å². The van der Waals surface area contributed by atoms with Gasteiger partial charge in [0.05, 0.1) is 6.07 Å². The smallest absolute Gasteiger partial charge is 0.0655 e. The van der Waals surface area contributed by atoms with Crippen LogP contribution >= 0.6 is 0 Å². The summed E-state index contributed by atoms with van der Waals surface area (Å²) in [5.74, 6) is 3.07. The largest absolute Gasteiger partial charge is 0.198 e. The summed E-state index contributed by atoms with van der Waals surface area (Å²) >= 11 is 0. The van der Waals surface area contributed by atoms with Crippen LogP contribution in [0.25, 0.3) is 0 Å². The van der Waals surface area contributed by atoms with Gasteiger partial charge in [0.25, 0.3) is 0 Å². The van der Waals surface area contributed by atoms with E-state index in [1.807, 2.05) is 0 Å². The molecule has 0 bridgehead atoms. The number of rotatable bonds is 4. The van der Waals surface area contributed by atoms with Crippen LogP contribution in [-0.4, -0.2) is 0 Å². The molecule has 0 radical (unpaired) electrons. The van der Waals surface area contributed by atoms with Crippen LogP contribution in [0.4, 0.5) is 0 Å². The van der Waals surface area contributed by atoms with Crippen LogP contribution < -0.4 is 0 Å². The minimum absolute atomic E-state index is 0.365. The van der Waals surface area contributed by atoms with Gasteiger partial charge in [-0.3, -0.25) is 0 Å². The van der Waals surface area contributed by atoms with Gasteiger partial charge in [-0.15, -0.1) is 6.58 Å². The zero-order chi connectivity index (χ0) is 12.8. The molecule has 2 aliphatic carbocycles. The normalized spacial score (nSPS) is 36.8. The zero-order valence-electron chi connectivity index (χ0n) is 11.6. The summed E-state index contributed by atoms with van der Waals surface area (Å²) in [6.45, 7) is 3.92. The molecule has 2 saturated carbocycles. The monoisotopic (exact) mass is 245 g/mol. The standard InChI is InChI=1S/C17H27N/c1-2-14-3-5-15(6-4-14)7-8-16-9-11-17(13-18)12-10-16/h2,14-17H,1,3-12H2/t14-,15-,16?,17?. The van der Waals surface area contributed by atoms with Gasteiger partial charge in [0.2, 0.25) is 0 Å². The van der Waals surface area contributed by atoms with Crippen LogP contribution in [-0.2, 0) is 0 Å². The minimum atomic E-state index is 0.365. The molecule has 0 aromatic rings. The SMILES string of the molecule is C=C[C@H]1CC[C@H](CCC2CCC(C#N)CC2)CC1. The second-order valence-electron chi connectivity index (χ2n) is 6.44. The molecule has 0 aromatic heterocycles. The van der Waals surface area contributed by atoms with Gasteiger partial charge in [-0.1, -0.05) is 18.9 Å². The second kappa shape index (κ2) is 6.98. The quantitative estimate of drug-likeness (QED) is 0.633. The van der Waals surface area contributed by atoms with Gasteiger partial charge in [-0.2, -0.15) is 5.26 Å². The van der Waals surface area contributed by atoms with Gasteiger partial charge in [0.15, 0.2) is 0 Å². The lowest BCUT2D eigenvalue weighted by atomic mass is 9.76. The van der Waals surface area contributed by atoms with Gasteiger partial charge >= 0.3 is 0 Å². The fraction of sp³-hybridized carbons (Fsp3) is 0.824. The maximum atomic E-state index is 8.90. The molecule has 1 nitrogen and oxygen atoms in total. The van der Waals surface area contributed by atoms with Crippen molar-refractivity contribution in [3.63, 3.8) is 0 Å². The highest BCUT2D eigenvalue weighted by molar-refractivity contribution is 4.88. The fourth-order valence-electron chi connectivity index (χ4n) is 3.76. The van der Waals surface area contributed by atoms with Crippen molar-refractivity contribution in [2.45, 2.75) is 64.2 Å². The Hall–Kier alpha value is -0.770. The van der Waals surface area contributed by atoms with Gasteiger partial charge < -0.3 is 0 Å². The van der Waals surface area contributed by atoms with Gasteiger partial charge in [0, 0.05) is 5.92 Å². The maximum absolute atomic E-state index is 8.90. The van der Waals surface area contributed by atoms with E-state index in [0.717, 1.165) is 30.6 Å². The fourth-order valence-corrected chi connectivity index (χ4v) is 3.76. The van der Waals surface area contributed by atoms with Crippen LogP contribution in [0, 0.1) is 35.0 Å². The number of hydrogen-bond acceptors (Lipinski definition) is 1. The molecule has 0 aromatic carbocycles. The Morgan fingerprint density at radius 3 is 1.83 bits per heavy atom. The van der Waals surface area contributed by atoms with E-state index in [-0.39, 0.29) is 0 Å². The molecule has 0 saturated heterocycles. The lowest BCUT2D eigenvalue weighted by Crippen LogP contribution is -2.17. The molecular weight excluding hydrogens is 218 g/mol. The molecule has 0 unspecified atom stereocenters. The van der Waals surface area contributed by atoms with Crippen molar-refractivity contribution in [2.75, 3.05) is 0 Å². The van der Waals surface area contributed by atoms with E-state index in [1.165, 1.54) is 51.4 Å². The van der Waals surface area contributed by atoms with Crippen molar-refractivity contribution in [3.8, 4) is 6.07 Å². The molecule has 2 rings (SSSR count). The van der Waals surface area contributed by atoms with E-state index < -0.39 is 0 Å². The summed E-state index contributed by atoms with van der Waals surface area (Å²) in [7, 11) is 0. The molecule has 0 aliphatic heterocycles. The first-order valence-electron chi connectivity index (χ1n) is 7.84. The number of hydrogen-bond donors (Lipinski definition) is 0. The summed E-state index contributed by atoms with van der Waals surface area (Å²) in [4.78, 5) is 0. The number of nitrogens with zero attached hydrogens (tertiary/aromatic N) is 1. The summed E-state index contributed by atoms with van der Waals surface area (Å²) in [5.41, 5.74) is 0. The third-order valence-corrected chi connectivity index (χ3v) is 5.24. The lowest BCUT2D eigenvalue weighted by molar-refractivity contribution is 0.242. The number of allylic oxidation sites excluding steroid dienone is 1. The Morgan fingerprint density at radius 2 is 1.39 bits per heavy atom. The van der Waals surface area contributed by atoms with E-state index in [1.54, 1.807) is 0 Å². The second-order valence-corrected chi connectivity index (χ2v) is 6.44. The third-order valence-electron chi connectivity index (χ3n) is 5.24. The molecule has 2 aliphatic rings. The third kappa shape index (κ3) is 3.87. The van der Waals surface area contributed by atoms with Crippen LogP contribution in [0.3, 0.4) is 0 Å². The van der Waals surface area contributed by atoms with Crippen molar-refractivity contribution in [3.05, 3.63) is 12.7 Å². The first kappa shape index (κ1) is 13.7. The molecular formula is C17H27N. The van der Waals surface area contributed by atoms with E-state index in [0.29, 0.717) is 5.92 Å². The van der Waals surface area contributed by atoms with E-state index in [4.69, 9.17) is 5.26 Å². The Morgan fingerprint density at radius 1 is 0.889 bits per heavy atom. The van der Waals surface area contributed by atoms with Crippen molar-refractivity contribution >= 4 is 0 Å². The molecule has 18 heavy (non-hydrogen) atoms. The van der Waals surface area contributed by atoms with E-state index in [9.17, 15) is 0 Å². The lowest BCUT2D eigenvalue weighted by Gasteiger charge is -2.29. The van der Waals surface area contributed by atoms with Crippen molar-refractivity contribution in [1.29, 1.82) is 5.26 Å². The average molecular weight is 245 g/mol. The highest BCUT2D eigenvalue weighted by atomic mass is 14.3. The van der Waals surface area contributed by atoms with Gasteiger partial charge in [-0.25, -0.2) is 0 Å². The van der Waals surface area contributed by atoms with Crippen molar-refractivity contribution < 1.29 is 0 Å². The Kier molecular flexibility index (Phi) is 5.29. The predicted molar refractivity (Wildman–Crippen MR) is 75.9 cm³/mol. The summed E-state index contributed by atoms with van der Waals surface area (Å²) in [5, 5.41) is 8.90. The molecule has 1 heteroatoms. The Balaban J connectivity index is 1.61. The predicted octanol–water partition coefficient (Wildman–Crippen LogP) is 5.09. The van der Waals surface area contributed by atoms with Crippen molar-refractivity contribution in [2.24, 2.45) is 23.7 Å². The molecule has 0 atom stereocenters. The van der Waals surface area contributed by atoms with Gasteiger partial charge in [0.1, 0.15) is 0 Å². The Bertz CT molecular complexity index is 285. The van der Waals surface area contributed by atoms with Crippen LogP contribution in [0.1, 0.15) is 64.2 Å². The highest BCUT2D eigenvalue weighted by Crippen LogP contribution is 2.36. The molecule has 0 spiro atoms. The average Bonchev–Trinajstić information content (AvgIpc) is 2.46. The van der Waals surface area contributed by atoms with Crippen LogP contribution in [0.5, 0.6) is 0 Å². The first-order chi connectivity index (χ1) is 8.81. The maximum Gasteiger partial charge on any atom is 0.0655 e. The van der Waals surface area contributed by atoms with E-state index >= 15 is 0 Å². The summed E-state index contributed by atoms with van der Waals surface area (Å²) < 4.78 is 0. The Labute approximate surface area is 112 Å². The van der Waals surface area contributed by atoms with Crippen molar-refractivity contribution in [1.82, 2.24) is 0 Å². The molecule has 0 N–H and O–H groups in total. The molecule has 100 valence electrons. The summed E-state index contributed by atoms with van der Waals surface area (Å²) in [6, 6.07) is 2.43. The molecule has 0 heterocycles.